The summed E-state index contributed by atoms with van der Waals surface area (Å²) in [6.45, 7) is 7.99. The molecule has 1 N–H and O–H groups in total. The molecule has 170 valence electrons. The molecule has 4 rings (SSSR count). The number of amides is 2. The number of hydrogen-bond acceptors (Lipinski definition) is 7. The number of carbonyl (C=O) groups is 2. The molecule has 0 spiro atoms. The number of carbonyl (C=O) groups excluding carboxylic acids is 2. The molecule has 2 aromatic rings. The predicted octanol–water partition coefficient (Wildman–Crippen LogP) is 1.48. The highest BCUT2D eigenvalue weighted by atomic mass is 16.5. The smallest absolute Gasteiger partial charge is 0.227 e. The second-order valence-electron chi connectivity index (χ2n) is 8.13. The molecule has 0 aliphatic carbocycles. The Bertz CT molecular complexity index is 977. The Balaban J connectivity index is 1.24. The minimum absolute atomic E-state index is 0.0266. The minimum Gasteiger partial charge on any atom is -0.476 e. The van der Waals surface area contributed by atoms with Gasteiger partial charge in [0.25, 0.3) is 0 Å². The third-order valence-corrected chi connectivity index (χ3v) is 5.91. The van der Waals surface area contributed by atoms with Crippen LogP contribution >= 0.6 is 0 Å². The third-order valence-electron chi connectivity index (χ3n) is 5.91. The van der Waals surface area contributed by atoms with Crippen LogP contribution in [0.5, 0.6) is 5.88 Å². The van der Waals surface area contributed by atoms with Gasteiger partial charge in [-0.15, -0.1) is 0 Å². The second-order valence-corrected chi connectivity index (χ2v) is 8.13. The van der Waals surface area contributed by atoms with E-state index in [1.807, 2.05) is 32.0 Å². The molecule has 2 amide bonds. The summed E-state index contributed by atoms with van der Waals surface area (Å²) < 4.78 is 11.0. The first kappa shape index (κ1) is 22.0. The molecule has 0 bridgehead atoms. The maximum atomic E-state index is 12.6. The Hall–Kier alpha value is -3.20. The Morgan fingerprint density at radius 3 is 2.78 bits per heavy atom. The molecule has 1 aromatic carbocycles. The van der Waals surface area contributed by atoms with Crippen molar-refractivity contribution < 1.29 is 19.1 Å². The fourth-order valence-electron chi connectivity index (χ4n) is 3.87. The molecular weight excluding hydrogens is 410 g/mol. The summed E-state index contributed by atoms with van der Waals surface area (Å²) >= 11 is 0. The van der Waals surface area contributed by atoms with E-state index in [0.29, 0.717) is 32.2 Å². The van der Waals surface area contributed by atoms with Crippen LogP contribution < -0.4 is 19.9 Å². The van der Waals surface area contributed by atoms with E-state index in [-0.39, 0.29) is 30.8 Å². The summed E-state index contributed by atoms with van der Waals surface area (Å²) in [4.78, 5) is 37.3. The average molecular weight is 440 g/mol. The number of anilines is 2. The number of nitrogens with one attached hydrogen (secondary N) is 1. The van der Waals surface area contributed by atoms with E-state index in [9.17, 15) is 9.59 Å². The topological polar surface area (TPSA) is 96.9 Å². The lowest BCUT2D eigenvalue weighted by Crippen LogP contribution is -2.36. The van der Waals surface area contributed by atoms with Crippen molar-refractivity contribution in [2.24, 2.45) is 5.92 Å². The molecule has 0 unspecified atom stereocenters. The first-order chi connectivity index (χ1) is 15.5. The molecule has 3 heterocycles. The zero-order valence-electron chi connectivity index (χ0n) is 18.5. The lowest BCUT2D eigenvalue weighted by Gasteiger charge is -2.27. The highest BCUT2D eigenvalue weighted by Gasteiger charge is 2.35. The Morgan fingerprint density at radius 2 is 2.00 bits per heavy atom. The summed E-state index contributed by atoms with van der Waals surface area (Å²) in [5.74, 6) is 0.744. The number of rotatable bonds is 7. The van der Waals surface area contributed by atoms with Crippen molar-refractivity contribution >= 4 is 23.3 Å². The van der Waals surface area contributed by atoms with Crippen molar-refractivity contribution in [1.82, 2.24) is 15.3 Å². The lowest BCUT2D eigenvalue weighted by atomic mass is 10.1. The van der Waals surface area contributed by atoms with Crippen molar-refractivity contribution in [3.63, 3.8) is 0 Å². The van der Waals surface area contributed by atoms with Gasteiger partial charge in [0.15, 0.2) is 0 Å². The molecule has 0 saturated carbocycles. The molecule has 2 saturated heterocycles. The zero-order chi connectivity index (χ0) is 22.5. The third kappa shape index (κ3) is 5.16. The Morgan fingerprint density at radius 1 is 1.19 bits per heavy atom. The van der Waals surface area contributed by atoms with E-state index in [1.54, 1.807) is 11.0 Å². The maximum absolute atomic E-state index is 12.6. The van der Waals surface area contributed by atoms with Crippen LogP contribution in [0, 0.1) is 19.8 Å². The summed E-state index contributed by atoms with van der Waals surface area (Å²) in [5.41, 5.74) is 3.15. The fourth-order valence-corrected chi connectivity index (χ4v) is 3.87. The highest BCUT2D eigenvalue weighted by Crippen LogP contribution is 2.27. The normalized spacial score (nSPS) is 18.7. The molecule has 9 nitrogen and oxygen atoms in total. The quantitative estimate of drug-likeness (QED) is 0.653. The van der Waals surface area contributed by atoms with Crippen molar-refractivity contribution in [2.75, 3.05) is 55.8 Å². The van der Waals surface area contributed by atoms with E-state index in [4.69, 9.17) is 9.47 Å². The summed E-state index contributed by atoms with van der Waals surface area (Å²) in [6, 6.07) is 7.72. The minimum atomic E-state index is -0.365. The van der Waals surface area contributed by atoms with Gasteiger partial charge in [0, 0.05) is 37.8 Å². The van der Waals surface area contributed by atoms with Gasteiger partial charge in [-0.25, -0.2) is 9.97 Å². The first-order valence-corrected chi connectivity index (χ1v) is 10.9. The van der Waals surface area contributed by atoms with Crippen molar-refractivity contribution in [2.45, 2.75) is 20.3 Å². The molecule has 1 atom stereocenters. The maximum Gasteiger partial charge on any atom is 0.227 e. The van der Waals surface area contributed by atoms with Gasteiger partial charge in [-0.05, 0) is 37.1 Å². The average Bonchev–Trinajstić information content (AvgIpc) is 3.21. The molecular formula is C23H29N5O4. The van der Waals surface area contributed by atoms with E-state index < -0.39 is 0 Å². The van der Waals surface area contributed by atoms with Crippen LogP contribution in [0.4, 0.5) is 11.5 Å². The van der Waals surface area contributed by atoms with Crippen molar-refractivity contribution in [3.8, 4) is 5.88 Å². The molecule has 2 aliphatic heterocycles. The Labute approximate surface area is 187 Å². The van der Waals surface area contributed by atoms with E-state index in [2.05, 4.69) is 20.2 Å². The largest absolute Gasteiger partial charge is 0.476 e. The zero-order valence-corrected chi connectivity index (χ0v) is 18.5. The molecule has 0 radical (unpaired) electrons. The van der Waals surface area contributed by atoms with Gasteiger partial charge in [0.05, 0.1) is 25.7 Å². The molecule has 2 fully saturated rings. The number of aromatic nitrogens is 2. The van der Waals surface area contributed by atoms with Gasteiger partial charge in [0.2, 0.25) is 17.7 Å². The van der Waals surface area contributed by atoms with E-state index in [0.717, 1.165) is 30.2 Å². The van der Waals surface area contributed by atoms with Crippen LogP contribution in [0.2, 0.25) is 0 Å². The van der Waals surface area contributed by atoms with Crippen LogP contribution in [-0.2, 0) is 14.3 Å². The standard InChI is InChI=1S/C23H29N5O4/c1-16-3-4-19(11-17(16)2)28-14-18(12-22(28)29)23(30)24-5-8-32-21-13-20(25-15-26-21)27-6-9-31-10-7-27/h3-4,11,13,15,18H,5-10,12,14H2,1-2H3,(H,24,30)/t18-/m0/s1. The summed E-state index contributed by atoms with van der Waals surface area (Å²) in [6.07, 6.45) is 1.69. The predicted molar refractivity (Wildman–Crippen MR) is 120 cm³/mol. The van der Waals surface area contributed by atoms with E-state index in [1.165, 1.54) is 11.9 Å². The van der Waals surface area contributed by atoms with Crippen LogP contribution in [-0.4, -0.2) is 67.8 Å². The Kier molecular flexibility index (Phi) is 6.84. The molecule has 32 heavy (non-hydrogen) atoms. The van der Waals surface area contributed by atoms with E-state index >= 15 is 0 Å². The van der Waals surface area contributed by atoms with Gasteiger partial charge in [-0.2, -0.15) is 0 Å². The van der Waals surface area contributed by atoms with Crippen molar-refractivity contribution in [3.05, 3.63) is 41.7 Å². The molecule has 1 aromatic heterocycles. The monoisotopic (exact) mass is 439 g/mol. The molecule has 2 aliphatic rings. The van der Waals surface area contributed by atoms with Crippen LogP contribution in [0.15, 0.2) is 30.6 Å². The number of morpholine rings is 1. The molecule has 9 heteroatoms. The first-order valence-electron chi connectivity index (χ1n) is 10.9. The SMILES string of the molecule is Cc1ccc(N2C[C@@H](C(=O)NCCOc3cc(N4CCOCC4)ncn3)CC2=O)cc1C. The highest BCUT2D eigenvalue weighted by molar-refractivity contribution is 6.00. The summed E-state index contributed by atoms with van der Waals surface area (Å²) in [7, 11) is 0. The number of nitrogens with zero attached hydrogens (tertiary/aromatic N) is 4. The lowest BCUT2D eigenvalue weighted by molar-refractivity contribution is -0.126. The summed E-state index contributed by atoms with van der Waals surface area (Å²) in [5, 5.41) is 2.87. The number of benzene rings is 1. The second kappa shape index (κ2) is 9.95. The number of aryl methyl sites for hydroxylation is 2. The van der Waals surface area contributed by atoms with Gasteiger partial charge in [0.1, 0.15) is 18.8 Å². The fraction of sp³-hybridized carbons (Fsp3) is 0.478. The van der Waals surface area contributed by atoms with Crippen LogP contribution in [0.1, 0.15) is 17.5 Å². The van der Waals surface area contributed by atoms with Gasteiger partial charge >= 0.3 is 0 Å². The van der Waals surface area contributed by atoms with Crippen molar-refractivity contribution in [1.29, 1.82) is 0 Å². The van der Waals surface area contributed by atoms with Gasteiger partial charge in [-0.1, -0.05) is 6.07 Å². The number of ether oxygens (including phenoxy) is 2. The number of hydrogen-bond donors (Lipinski definition) is 1. The van der Waals surface area contributed by atoms with Crippen LogP contribution in [0.3, 0.4) is 0 Å². The van der Waals surface area contributed by atoms with Crippen LogP contribution in [0.25, 0.3) is 0 Å². The van der Waals surface area contributed by atoms with Gasteiger partial charge < -0.3 is 24.6 Å². The van der Waals surface area contributed by atoms with Gasteiger partial charge in [-0.3, -0.25) is 9.59 Å².